The molecule has 7 heteroatoms. The summed E-state index contributed by atoms with van der Waals surface area (Å²) < 4.78 is 4.41. The third-order valence-electron chi connectivity index (χ3n) is 5.76. The summed E-state index contributed by atoms with van der Waals surface area (Å²) in [6.07, 6.45) is 1.69. The van der Waals surface area contributed by atoms with Gasteiger partial charge in [-0.3, -0.25) is 23.6 Å². The summed E-state index contributed by atoms with van der Waals surface area (Å²) in [7, 11) is 1.49. The second-order valence-electron chi connectivity index (χ2n) is 8.25. The van der Waals surface area contributed by atoms with Gasteiger partial charge < -0.3 is 0 Å². The van der Waals surface area contributed by atoms with E-state index in [1.165, 1.54) is 11.6 Å². The average Bonchev–Trinajstić information content (AvgIpc) is 3.20. The number of pyridine rings is 1. The normalized spacial score (nSPS) is 11.3. The Bertz CT molecular complexity index is 1640. The van der Waals surface area contributed by atoms with Crippen LogP contribution in [0.1, 0.15) is 12.5 Å². The lowest BCUT2D eigenvalue weighted by Crippen LogP contribution is -2.38. The van der Waals surface area contributed by atoms with Crippen molar-refractivity contribution in [2.24, 2.45) is 7.05 Å². The minimum atomic E-state index is -0.419. The highest BCUT2D eigenvalue weighted by Crippen LogP contribution is 2.27. The highest BCUT2D eigenvalue weighted by molar-refractivity contribution is 5.90. The maximum Gasteiger partial charge on any atom is 0.332 e. The van der Waals surface area contributed by atoms with Crippen molar-refractivity contribution < 1.29 is 0 Å². The number of benzene rings is 2. The van der Waals surface area contributed by atoms with Crippen LogP contribution in [-0.4, -0.2) is 23.9 Å². The van der Waals surface area contributed by atoms with Gasteiger partial charge in [-0.15, -0.1) is 0 Å². The van der Waals surface area contributed by atoms with Crippen molar-refractivity contribution in [2.45, 2.75) is 20.0 Å². The van der Waals surface area contributed by atoms with Crippen molar-refractivity contribution in [1.29, 1.82) is 0 Å². The number of aromatic nitrogens is 5. The molecule has 5 rings (SSSR count). The second kappa shape index (κ2) is 8.02. The molecule has 33 heavy (non-hydrogen) atoms. The Morgan fingerprint density at radius 2 is 1.76 bits per heavy atom. The van der Waals surface area contributed by atoms with Gasteiger partial charge in [0.15, 0.2) is 5.65 Å². The van der Waals surface area contributed by atoms with Crippen LogP contribution in [-0.2, 0) is 20.1 Å². The first-order valence-corrected chi connectivity index (χ1v) is 10.7. The molecule has 3 aromatic heterocycles. The third-order valence-corrected chi connectivity index (χ3v) is 5.76. The molecule has 0 radical (unpaired) electrons. The zero-order valence-electron chi connectivity index (χ0n) is 18.5. The van der Waals surface area contributed by atoms with Crippen molar-refractivity contribution in [3.63, 3.8) is 0 Å². The molecule has 0 N–H and O–H groups in total. The van der Waals surface area contributed by atoms with Gasteiger partial charge in [0.05, 0.1) is 12.2 Å². The highest BCUT2D eigenvalue weighted by atomic mass is 16.2. The maximum atomic E-state index is 13.3. The topological polar surface area (TPSA) is 74.7 Å². The van der Waals surface area contributed by atoms with Crippen molar-refractivity contribution in [1.82, 2.24) is 23.9 Å². The van der Waals surface area contributed by atoms with Gasteiger partial charge in [0.1, 0.15) is 11.1 Å². The van der Waals surface area contributed by atoms with Gasteiger partial charge in [-0.05, 0) is 35.4 Å². The molecule has 0 spiro atoms. The summed E-state index contributed by atoms with van der Waals surface area (Å²) in [5.74, 6) is 0. The minimum absolute atomic E-state index is 0.274. The molecule has 5 aromatic rings. The fourth-order valence-corrected chi connectivity index (χ4v) is 4.24. The predicted molar refractivity (Wildman–Crippen MR) is 130 cm³/mol. The largest absolute Gasteiger partial charge is 0.332 e. The summed E-state index contributed by atoms with van der Waals surface area (Å²) in [5.41, 5.74) is 2.60. The molecule has 0 bridgehead atoms. The fourth-order valence-electron chi connectivity index (χ4n) is 4.24. The van der Waals surface area contributed by atoms with Gasteiger partial charge in [-0.25, -0.2) is 4.79 Å². The Morgan fingerprint density at radius 3 is 2.52 bits per heavy atom. The van der Waals surface area contributed by atoms with Crippen LogP contribution in [0.15, 0.2) is 88.6 Å². The van der Waals surface area contributed by atoms with Crippen LogP contribution in [0.2, 0.25) is 0 Å². The molecule has 0 atom stereocenters. The number of fused-ring (bicyclic) bond motifs is 2. The van der Waals surface area contributed by atoms with Crippen molar-refractivity contribution in [3.05, 3.63) is 105 Å². The molecule has 3 heterocycles. The van der Waals surface area contributed by atoms with E-state index >= 15 is 0 Å². The summed E-state index contributed by atoms with van der Waals surface area (Å²) in [5, 5.41) is 7.40. The Morgan fingerprint density at radius 1 is 1.00 bits per heavy atom. The first-order chi connectivity index (χ1) is 16.0. The summed E-state index contributed by atoms with van der Waals surface area (Å²) in [6, 6.07) is 19.8. The molecular formula is C26H23N5O2. The zero-order chi connectivity index (χ0) is 23.1. The molecule has 0 fully saturated rings. The lowest BCUT2D eigenvalue weighted by Gasteiger charge is -2.10. The lowest BCUT2D eigenvalue weighted by atomic mass is 10.0. The van der Waals surface area contributed by atoms with Crippen LogP contribution in [0.4, 0.5) is 0 Å². The van der Waals surface area contributed by atoms with E-state index in [2.05, 4.69) is 35.8 Å². The Hall–Kier alpha value is -4.26. The van der Waals surface area contributed by atoms with Crippen LogP contribution < -0.4 is 11.2 Å². The predicted octanol–water partition coefficient (Wildman–Crippen LogP) is 3.74. The SMILES string of the molecule is C=C(C)Cn1c(=O)n(C)c(=O)c2c(-c3ccccn3)n(Cc3cccc4ccccc34)nc21. The maximum absolute atomic E-state index is 13.3. The molecule has 164 valence electrons. The Kier molecular flexibility index (Phi) is 5.01. The van der Waals surface area contributed by atoms with E-state index in [0.717, 1.165) is 26.5 Å². The van der Waals surface area contributed by atoms with E-state index < -0.39 is 11.2 Å². The first kappa shape index (κ1) is 20.6. The van der Waals surface area contributed by atoms with Gasteiger partial charge in [-0.1, -0.05) is 60.7 Å². The van der Waals surface area contributed by atoms with Crippen LogP contribution in [0.3, 0.4) is 0 Å². The molecule has 0 aliphatic heterocycles. The third kappa shape index (κ3) is 3.47. The number of hydrogen-bond acceptors (Lipinski definition) is 4. The number of nitrogens with zero attached hydrogens (tertiary/aromatic N) is 5. The summed E-state index contributed by atoms with van der Waals surface area (Å²) in [4.78, 5) is 30.8. The standard InChI is InChI=1S/C26H23N5O2/c1-17(2)15-30-24-22(25(32)29(3)26(30)33)23(21-13-6-7-14-27-21)31(28-24)16-19-11-8-10-18-9-4-5-12-20(18)19/h4-14H,1,15-16H2,2-3H3. The minimum Gasteiger partial charge on any atom is -0.272 e. The average molecular weight is 438 g/mol. The molecule has 0 aliphatic carbocycles. The monoisotopic (exact) mass is 437 g/mol. The number of allylic oxidation sites excluding steroid dienone is 1. The summed E-state index contributed by atoms with van der Waals surface area (Å²) in [6.45, 7) is 6.49. The highest BCUT2D eigenvalue weighted by Gasteiger charge is 2.23. The van der Waals surface area contributed by atoms with E-state index in [-0.39, 0.29) is 6.54 Å². The number of hydrogen-bond donors (Lipinski definition) is 0. The molecule has 0 aliphatic rings. The first-order valence-electron chi connectivity index (χ1n) is 10.7. The molecule has 0 saturated carbocycles. The van der Waals surface area contributed by atoms with E-state index in [1.54, 1.807) is 10.9 Å². The van der Waals surface area contributed by atoms with Crippen molar-refractivity contribution in [2.75, 3.05) is 0 Å². The van der Waals surface area contributed by atoms with Crippen molar-refractivity contribution >= 4 is 21.8 Å². The van der Waals surface area contributed by atoms with Crippen LogP contribution >= 0.6 is 0 Å². The van der Waals surface area contributed by atoms with Gasteiger partial charge in [0, 0.05) is 19.8 Å². The molecule has 7 nitrogen and oxygen atoms in total. The van der Waals surface area contributed by atoms with E-state index in [1.807, 2.05) is 43.3 Å². The molecule has 0 amide bonds. The zero-order valence-corrected chi connectivity index (χ0v) is 18.5. The molecular weight excluding hydrogens is 414 g/mol. The number of rotatable bonds is 5. The fraction of sp³-hybridized carbons (Fsp3) is 0.154. The Balaban J connectivity index is 1.85. The van der Waals surface area contributed by atoms with Gasteiger partial charge >= 0.3 is 5.69 Å². The van der Waals surface area contributed by atoms with Gasteiger partial charge in [0.2, 0.25) is 0 Å². The van der Waals surface area contributed by atoms with Gasteiger partial charge in [-0.2, -0.15) is 5.10 Å². The molecule has 0 saturated heterocycles. The molecule has 2 aromatic carbocycles. The lowest BCUT2D eigenvalue weighted by molar-refractivity contribution is 0.648. The van der Waals surface area contributed by atoms with E-state index in [4.69, 9.17) is 5.10 Å². The summed E-state index contributed by atoms with van der Waals surface area (Å²) >= 11 is 0. The van der Waals surface area contributed by atoms with E-state index in [0.29, 0.717) is 29.0 Å². The Labute approximate surface area is 189 Å². The van der Waals surface area contributed by atoms with Crippen LogP contribution in [0.25, 0.3) is 33.2 Å². The smallest absolute Gasteiger partial charge is 0.272 e. The molecule has 0 unspecified atom stereocenters. The quantitative estimate of drug-likeness (QED) is 0.393. The second-order valence-corrected chi connectivity index (χ2v) is 8.25. The van der Waals surface area contributed by atoms with Crippen LogP contribution in [0.5, 0.6) is 0 Å². The van der Waals surface area contributed by atoms with Crippen LogP contribution in [0, 0.1) is 0 Å². The van der Waals surface area contributed by atoms with E-state index in [9.17, 15) is 9.59 Å². The van der Waals surface area contributed by atoms with Gasteiger partial charge in [0.25, 0.3) is 5.56 Å². The van der Waals surface area contributed by atoms with Crippen molar-refractivity contribution in [3.8, 4) is 11.4 Å².